The fourth-order valence-electron chi connectivity index (χ4n) is 1.58. The van der Waals surface area contributed by atoms with Crippen LogP contribution in [0.4, 0.5) is 5.69 Å². The van der Waals surface area contributed by atoms with E-state index in [2.05, 4.69) is 15.8 Å². The minimum Gasteiger partial charge on any atom is -0.376 e. The Morgan fingerprint density at radius 1 is 1.05 bits per heavy atom. The molecule has 21 heavy (non-hydrogen) atoms. The second-order valence-electron chi connectivity index (χ2n) is 4.15. The van der Waals surface area contributed by atoms with Gasteiger partial charge >= 0.3 is 0 Å². The number of halogens is 2. The standard InChI is InChI=1S/C15H13Cl2N3O/c16-13-7-4-8-14(17)12(13)9-19-20-15(21)10-18-11-5-2-1-3-6-11/h1-9,18H,10H2,(H,20,21)/b19-9-. The van der Waals surface area contributed by atoms with Gasteiger partial charge in [0.15, 0.2) is 0 Å². The molecule has 0 aromatic heterocycles. The summed E-state index contributed by atoms with van der Waals surface area (Å²) < 4.78 is 0. The van der Waals surface area contributed by atoms with E-state index in [1.54, 1.807) is 18.2 Å². The van der Waals surface area contributed by atoms with Crippen molar-refractivity contribution in [3.05, 3.63) is 64.1 Å². The van der Waals surface area contributed by atoms with Gasteiger partial charge in [-0.1, -0.05) is 47.5 Å². The molecule has 0 aliphatic rings. The molecule has 2 aromatic carbocycles. The van der Waals surface area contributed by atoms with Crippen molar-refractivity contribution >= 4 is 41.0 Å². The first-order valence-electron chi connectivity index (χ1n) is 6.21. The predicted octanol–water partition coefficient (Wildman–Crippen LogP) is 3.56. The van der Waals surface area contributed by atoms with Crippen molar-refractivity contribution in [3.63, 3.8) is 0 Å². The molecule has 2 N–H and O–H groups in total. The molecule has 0 heterocycles. The Kier molecular flexibility index (Phi) is 5.60. The van der Waals surface area contributed by atoms with Crippen LogP contribution in [0.15, 0.2) is 53.6 Å². The first-order valence-corrected chi connectivity index (χ1v) is 6.97. The summed E-state index contributed by atoms with van der Waals surface area (Å²) in [6, 6.07) is 14.6. The molecule has 108 valence electrons. The van der Waals surface area contributed by atoms with E-state index in [0.717, 1.165) is 5.69 Å². The average molecular weight is 322 g/mol. The summed E-state index contributed by atoms with van der Waals surface area (Å²) in [6.07, 6.45) is 1.42. The van der Waals surface area contributed by atoms with Crippen molar-refractivity contribution in [2.24, 2.45) is 5.10 Å². The van der Waals surface area contributed by atoms with E-state index >= 15 is 0 Å². The molecule has 0 aliphatic heterocycles. The highest BCUT2D eigenvalue weighted by Gasteiger charge is 2.03. The van der Waals surface area contributed by atoms with Gasteiger partial charge in [-0.15, -0.1) is 0 Å². The number of carbonyl (C=O) groups excluding carboxylic acids is 1. The third kappa shape index (κ3) is 4.77. The van der Waals surface area contributed by atoms with Gasteiger partial charge in [0.05, 0.1) is 22.8 Å². The largest absolute Gasteiger partial charge is 0.376 e. The quantitative estimate of drug-likeness (QED) is 0.653. The van der Waals surface area contributed by atoms with Gasteiger partial charge in [-0.05, 0) is 24.3 Å². The molecule has 1 amide bonds. The zero-order chi connectivity index (χ0) is 15.1. The van der Waals surface area contributed by atoms with Crippen LogP contribution in [0.2, 0.25) is 10.0 Å². The van der Waals surface area contributed by atoms with Crippen LogP contribution >= 0.6 is 23.2 Å². The third-order valence-electron chi connectivity index (χ3n) is 2.61. The number of para-hydroxylation sites is 1. The molecular formula is C15H13Cl2N3O. The molecule has 6 heteroatoms. The lowest BCUT2D eigenvalue weighted by Gasteiger charge is -2.04. The normalized spacial score (nSPS) is 10.6. The van der Waals surface area contributed by atoms with Gasteiger partial charge in [0.1, 0.15) is 0 Å². The molecule has 0 spiro atoms. The number of nitrogens with zero attached hydrogens (tertiary/aromatic N) is 1. The lowest BCUT2D eigenvalue weighted by atomic mass is 10.2. The molecule has 0 saturated carbocycles. The summed E-state index contributed by atoms with van der Waals surface area (Å²) >= 11 is 12.0. The molecule has 0 saturated heterocycles. The van der Waals surface area contributed by atoms with E-state index in [-0.39, 0.29) is 12.5 Å². The number of carbonyl (C=O) groups is 1. The number of hydrogen-bond donors (Lipinski definition) is 2. The topological polar surface area (TPSA) is 53.5 Å². The second kappa shape index (κ2) is 7.67. The molecule has 2 rings (SSSR count). The van der Waals surface area contributed by atoms with Crippen LogP contribution in [-0.2, 0) is 4.79 Å². The summed E-state index contributed by atoms with van der Waals surface area (Å²) in [7, 11) is 0. The van der Waals surface area contributed by atoms with E-state index in [9.17, 15) is 4.79 Å². The molecular weight excluding hydrogens is 309 g/mol. The van der Waals surface area contributed by atoms with Gasteiger partial charge in [-0.2, -0.15) is 5.10 Å². The Labute approximate surface area is 132 Å². The zero-order valence-electron chi connectivity index (χ0n) is 11.0. The van der Waals surface area contributed by atoms with Gasteiger partial charge in [0.25, 0.3) is 5.91 Å². The highest BCUT2D eigenvalue weighted by atomic mass is 35.5. The summed E-state index contributed by atoms with van der Waals surface area (Å²) in [5.41, 5.74) is 3.84. The maximum Gasteiger partial charge on any atom is 0.259 e. The third-order valence-corrected chi connectivity index (χ3v) is 3.27. The van der Waals surface area contributed by atoms with Gasteiger partial charge in [-0.3, -0.25) is 4.79 Å². The zero-order valence-corrected chi connectivity index (χ0v) is 12.5. The number of amides is 1. The van der Waals surface area contributed by atoms with Gasteiger partial charge in [-0.25, -0.2) is 5.43 Å². The highest BCUT2D eigenvalue weighted by molar-refractivity contribution is 6.38. The Morgan fingerprint density at radius 3 is 2.38 bits per heavy atom. The second-order valence-corrected chi connectivity index (χ2v) is 4.96. The Morgan fingerprint density at radius 2 is 1.71 bits per heavy atom. The van der Waals surface area contributed by atoms with Crippen LogP contribution in [0.3, 0.4) is 0 Å². The summed E-state index contributed by atoms with van der Waals surface area (Å²) in [4.78, 5) is 11.6. The van der Waals surface area contributed by atoms with Crippen LogP contribution in [0.5, 0.6) is 0 Å². The molecule has 0 unspecified atom stereocenters. The minimum atomic E-state index is -0.265. The SMILES string of the molecule is O=C(CNc1ccccc1)N/N=C\c1c(Cl)cccc1Cl. The fraction of sp³-hybridized carbons (Fsp3) is 0.0667. The molecule has 0 radical (unpaired) electrons. The van der Waals surface area contributed by atoms with E-state index < -0.39 is 0 Å². The highest BCUT2D eigenvalue weighted by Crippen LogP contribution is 2.21. The van der Waals surface area contributed by atoms with Crippen molar-refractivity contribution in [2.45, 2.75) is 0 Å². The first kappa shape index (κ1) is 15.4. The summed E-state index contributed by atoms with van der Waals surface area (Å²) in [6.45, 7) is 0.123. The van der Waals surface area contributed by atoms with Crippen LogP contribution in [0.1, 0.15) is 5.56 Å². The first-order chi connectivity index (χ1) is 10.2. The van der Waals surface area contributed by atoms with Crippen molar-refractivity contribution in [2.75, 3.05) is 11.9 Å². The smallest absolute Gasteiger partial charge is 0.259 e. The number of anilines is 1. The lowest BCUT2D eigenvalue weighted by molar-refractivity contribution is -0.119. The van der Waals surface area contributed by atoms with Crippen molar-refractivity contribution in [3.8, 4) is 0 Å². The van der Waals surface area contributed by atoms with Gasteiger partial charge < -0.3 is 5.32 Å². The van der Waals surface area contributed by atoms with Crippen molar-refractivity contribution < 1.29 is 4.79 Å². The van der Waals surface area contributed by atoms with Crippen molar-refractivity contribution in [1.29, 1.82) is 0 Å². The van der Waals surface area contributed by atoms with E-state index in [4.69, 9.17) is 23.2 Å². The molecule has 0 bridgehead atoms. The Balaban J connectivity index is 1.85. The Bertz CT molecular complexity index is 624. The number of hydrazone groups is 1. The number of hydrogen-bond acceptors (Lipinski definition) is 3. The Hall–Kier alpha value is -2.04. The molecule has 0 atom stereocenters. The van der Waals surface area contributed by atoms with E-state index in [0.29, 0.717) is 15.6 Å². The van der Waals surface area contributed by atoms with Crippen LogP contribution in [0, 0.1) is 0 Å². The fourth-order valence-corrected chi connectivity index (χ4v) is 2.08. The number of benzene rings is 2. The lowest BCUT2D eigenvalue weighted by Crippen LogP contribution is -2.25. The maximum absolute atomic E-state index is 11.6. The average Bonchev–Trinajstić information content (AvgIpc) is 2.49. The van der Waals surface area contributed by atoms with Gasteiger partial charge in [0.2, 0.25) is 0 Å². The van der Waals surface area contributed by atoms with Crippen LogP contribution < -0.4 is 10.7 Å². The van der Waals surface area contributed by atoms with Gasteiger partial charge in [0, 0.05) is 11.3 Å². The maximum atomic E-state index is 11.6. The van der Waals surface area contributed by atoms with Crippen molar-refractivity contribution in [1.82, 2.24) is 5.43 Å². The molecule has 4 nitrogen and oxygen atoms in total. The van der Waals surface area contributed by atoms with Crippen LogP contribution in [-0.4, -0.2) is 18.7 Å². The molecule has 2 aromatic rings. The monoisotopic (exact) mass is 321 g/mol. The molecule has 0 aliphatic carbocycles. The number of rotatable bonds is 5. The molecule has 0 fully saturated rings. The van der Waals surface area contributed by atoms with Crippen LogP contribution in [0.25, 0.3) is 0 Å². The predicted molar refractivity (Wildman–Crippen MR) is 87.1 cm³/mol. The summed E-state index contributed by atoms with van der Waals surface area (Å²) in [5, 5.41) is 7.77. The van der Waals surface area contributed by atoms with E-state index in [1.807, 2.05) is 30.3 Å². The van der Waals surface area contributed by atoms with E-state index in [1.165, 1.54) is 6.21 Å². The number of nitrogens with one attached hydrogen (secondary N) is 2. The summed E-state index contributed by atoms with van der Waals surface area (Å²) in [5.74, 6) is -0.265. The minimum absolute atomic E-state index is 0.123.